The summed E-state index contributed by atoms with van der Waals surface area (Å²) in [4.78, 5) is 3.29. The Morgan fingerprint density at radius 2 is 1.92 bits per heavy atom. The van der Waals surface area contributed by atoms with E-state index in [0.717, 1.165) is 18.0 Å². The minimum Gasteiger partial charge on any atom is -0.486 e. The maximum Gasteiger partial charge on any atom is 0.161 e. The molecule has 2 heterocycles. The van der Waals surface area contributed by atoms with Crippen molar-refractivity contribution in [3.8, 4) is 11.5 Å². The van der Waals surface area contributed by atoms with Crippen molar-refractivity contribution < 1.29 is 9.47 Å². The molecule has 2 aliphatic rings. The third-order valence-corrected chi connectivity index (χ3v) is 5.22. The minimum atomic E-state index is 0.366. The van der Waals surface area contributed by atoms with E-state index in [2.05, 4.69) is 46.7 Å². The van der Waals surface area contributed by atoms with Crippen molar-refractivity contribution >= 4 is 10.9 Å². The molecule has 0 saturated heterocycles. The van der Waals surface area contributed by atoms with Crippen LogP contribution in [0.1, 0.15) is 30.0 Å². The van der Waals surface area contributed by atoms with Gasteiger partial charge in [-0.15, -0.1) is 0 Å². The van der Waals surface area contributed by atoms with E-state index in [1.54, 1.807) is 0 Å². The SMILES string of the molecule is c1cc(CNC(c2ccc3c(c2)OCCO3)C2CC2)c2cc[nH]c2c1. The van der Waals surface area contributed by atoms with Gasteiger partial charge in [0.25, 0.3) is 0 Å². The highest BCUT2D eigenvalue weighted by molar-refractivity contribution is 5.82. The Hall–Kier alpha value is -2.46. The summed E-state index contributed by atoms with van der Waals surface area (Å²) in [5.41, 5.74) is 3.83. The van der Waals surface area contributed by atoms with Crippen LogP contribution in [0.5, 0.6) is 11.5 Å². The van der Waals surface area contributed by atoms with Crippen LogP contribution < -0.4 is 14.8 Å². The van der Waals surface area contributed by atoms with Gasteiger partial charge in [-0.25, -0.2) is 0 Å². The molecule has 0 radical (unpaired) electrons. The first-order valence-electron chi connectivity index (χ1n) is 9.06. The molecule has 2 N–H and O–H groups in total. The summed E-state index contributed by atoms with van der Waals surface area (Å²) < 4.78 is 11.4. The zero-order valence-corrected chi connectivity index (χ0v) is 14.1. The summed E-state index contributed by atoms with van der Waals surface area (Å²) >= 11 is 0. The van der Waals surface area contributed by atoms with E-state index in [0.29, 0.717) is 25.2 Å². The summed E-state index contributed by atoms with van der Waals surface area (Å²) in [6.07, 6.45) is 4.59. The maximum absolute atomic E-state index is 5.77. The number of H-pyrrole nitrogens is 1. The quantitative estimate of drug-likeness (QED) is 0.736. The Bertz CT molecular complexity index is 898. The van der Waals surface area contributed by atoms with Crippen LogP contribution in [0.4, 0.5) is 0 Å². The number of aromatic nitrogens is 1. The van der Waals surface area contributed by atoms with Gasteiger partial charge in [0.1, 0.15) is 13.2 Å². The second-order valence-electron chi connectivity index (χ2n) is 6.96. The lowest BCUT2D eigenvalue weighted by molar-refractivity contribution is 0.171. The van der Waals surface area contributed by atoms with Crippen LogP contribution in [-0.4, -0.2) is 18.2 Å². The van der Waals surface area contributed by atoms with Crippen LogP contribution in [0.15, 0.2) is 48.7 Å². The molecule has 3 aromatic rings. The monoisotopic (exact) mass is 334 g/mol. The highest BCUT2D eigenvalue weighted by Crippen LogP contribution is 2.43. The number of benzene rings is 2. The van der Waals surface area contributed by atoms with E-state index >= 15 is 0 Å². The van der Waals surface area contributed by atoms with Crippen molar-refractivity contribution in [2.24, 2.45) is 5.92 Å². The topological polar surface area (TPSA) is 46.3 Å². The molecule has 0 amide bonds. The Morgan fingerprint density at radius 1 is 1.04 bits per heavy atom. The summed E-state index contributed by atoms with van der Waals surface area (Å²) in [6, 6.07) is 15.4. The molecule has 1 aliphatic heterocycles. The smallest absolute Gasteiger partial charge is 0.161 e. The lowest BCUT2D eigenvalue weighted by Crippen LogP contribution is -2.23. The largest absolute Gasteiger partial charge is 0.486 e. The lowest BCUT2D eigenvalue weighted by atomic mass is 10.0. The van der Waals surface area contributed by atoms with Crippen LogP contribution >= 0.6 is 0 Å². The first kappa shape index (κ1) is 14.8. The minimum absolute atomic E-state index is 0.366. The predicted octanol–water partition coefficient (Wildman–Crippen LogP) is 4.18. The van der Waals surface area contributed by atoms with Gasteiger partial charge in [-0.2, -0.15) is 0 Å². The summed E-state index contributed by atoms with van der Waals surface area (Å²) in [5, 5.41) is 5.09. The molecule has 2 aromatic carbocycles. The normalized spacial score (nSPS) is 17.6. The summed E-state index contributed by atoms with van der Waals surface area (Å²) in [7, 11) is 0. The van der Waals surface area contributed by atoms with E-state index in [1.165, 1.54) is 34.9 Å². The average molecular weight is 334 g/mol. The van der Waals surface area contributed by atoms with E-state index in [4.69, 9.17) is 9.47 Å². The fourth-order valence-corrected chi connectivity index (χ4v) is 3.76. The fraction of sp³-hybridized carbons (Fsp3) is 0.333. The Kier molecular flexibility index (Phi) is 3.63. The van der Waals surface area contributed by atoms with Gasteiger partial charge in [0, 0.05) is 29.7 Å². The van der Waals surface area contributed by atoms with Gasteiger partial charge >= 0.3 is 0 Å². The molecule has 1 aromatic heterocycles. The molecule has 128 valence electrons. The molecule has 4 nitrogen and oxygen atoms in total. The van der Waals surface area contributed by atoms with Gasteiger partial charge in [0.2, 0.25) is 0 Å². The van der Waals surface area contributed by atoms with Gasteiger partial charge in [-0.1, -0.05) is 18.2 Å². The zero-order valence-electron chi connectivity index (χ0n) is 14.1. The third kappa shape index (κ3) is 2.87. The third-order valence-electron chi connectivity index (χ3n) is 5.22. The summed E-state index contributed by atoms with van der Waals surface area (Å²) in [5.74, 6) is 2.46. The van der Waals surface area contributed by atoms with Crippen molar-refractivity contribution in [1.29, 1.82) is 0 Å². The Balaban J connectivity index is 1.39. The average Bonchev–Trinajstić information content (AvgIpc) is 3.37. The molecule has 1 fully saturated rings. The first-order valence-corrected chi connectivity index (χ1v) is 9.06. The van der Waals surface area contributed by atoms with Gasteiger partial charge in [-0.05, 0) is 54.2 Å². The van der Waals surface area contributed by atoms with Crippen molar-refractivity contribution in [3.63, 3.8) is 0 Å². The van der Waals surface area contributed by atoms with Crippen molar-refractivity contribution in [3.05, 3.63) is 59.8 Å². The van der Waals surface area contributed by atoms with Gasteiger partial charge in [0.05, 0.1) is 0 Å². The highest BCUT2D eigenvalue weighted by atomic mass is 16.6. The molecule has 1 unspecified atom stereocenters. The molecule has 0 bridgehead atoms. The second kappa shape index (κ2) is 6.12. The van der Waals surface area contributed by atoms with Crippen LogP contribution in [0.2, 0.25) is 0 Å². The van der Waals surface area contributed by atoms with Crippen LogP contribution in [0, 0.1) is 5.92 Å². The number of ether oxygens (including phenoxy) is 2. The molecule has 25 heavy (non-hydrogen) atoms. The van der Waals surface area contributed by atoms with E-state index in [9.17, 15) is 0 Å². The lowest BCUT2D eigenvalue weighted by Gasteiger charge is -2.23. The zero-order chi connectivity index (χ0) is 16.6. The second-order valence-corrected chi connectivity index (χ2v) is 6.96. The van der Waals surface area contributed by atoms with Crippen molar-refractivity contribution in [1.82, 2.24) is 10.3 Å². The number of hydrogen-bond donors (Lipinski definition) is 2. The standard InChI is InChI=1S/C21H22N2O2/c1-2-16(17-8-9-22-18(17)3-1)13-23-21(14-4-5-14)15-6-7-19-20(12-15)25-11-10-24-19/h1-3,6-9,12,14,21-23H,4-5,10-11,13H2. The molecule has 1 atom stereocenters. The van der Waals surface area contributed by atoms with E-state index in [1.807, 2.05) is 12.3 Å². The molecular weight excluding hydrogens is 312 g/mol. The van der Waals surface area contributed by atoms with Crippen molar-refractivity contribution in [2.45, 2.75) is 25.4 Å². The molecule has 4 heteroatoms. The van der Waals surface area contributed by atoms with Crippen LogP contribution in [0.3, 0.4) is 0 Å². The van der Waals surface area contributed by atoms with Crippen LogP contribution in [-0.2, 0) is 6.54 Å². The molecular formula is C21H22N2O2. The number of nitrogens with one attached hydrogen (secondary N) is 2. The molecule has 1 aliphatic carbocycles. The van der Waals surface area contributed by atoms with E-state index < -0.39 is 0 Å². The Labute approximate surface area is 147 Å². The summed E-state index contributed by atoms with van der Waals surface area (Å²) in [6.45, 7) is 2.13. The van der Waals surface area contributed by atoms with E-state index in [-0.39, 0.29) is 0 Å². The predicted molar refractivity (Wildman–Crippen MR) is 98.0 cm³/mol. The van der Waals surface area contributed by atoms with Crippen LogP contribution in [0.25, 0.3) is 10.9 Å². The fourth-order valence-electron chi connectivity index (χ4n) is 3.76. The number of rotatable bonds is 5. The molecule has 5 rings (SSSR count). The van der Waals surface area contributed by atoms with Gasteiger partial charge in [-0.3, -0.25) is 0 Å². The number of aromatic amines is 1. The number of fused-ring (bicyclic) bond motifs is 2. The van der Waals surface area contributed by atoms with Crippen molar-refractivity contribution in [2.75, 3.05) is 13.2 Å². The first-order chi connectivity index (χ1) is 12.4. The highest BCUT2D eigenvalue weighted by Gasteiger charge is 2.32. The molecule has 1 saturated carbocycles. The molecule has 0 spiro atoms. The Morgan fingerprint density at radius 3 is 2.80 bits per heavy atom. The maximum atomic E-state index is 5.77. The number of hydrogen-bond acceptors (Lipinski definition) is 3. The van der Waals surface area contributed by atoms with Gasteiger partial charge in [0.15, 0.2) is 11.5 Å². The van der Waals surface area contributed by atoms with Gasteiger partial charge < -0.3 is 19.8 Å².